The van der Waals surface area contributed by atoms with Gasteiger partial charge in [-0.3, -0.25) is 0 Å². The summed E-state index contributed by atoms with van der Waals surface area (Å²) in [6, 6.07) is 4.15. The van der Waals surface area contributed by atoms with E-state index in [4.69, 9.17) is 0 Å². The van der Waals surface area contributed by atoms with Crippen molar-refractivity contribution in [2.45, 2.75) is 6.61 Å². The molecule has 0 aliphatic rings. The molecule has 0 atom stereocenters. The molecule has 0 spiro atoms. The zero-order chi connectivity index (χ0) is 12.1. The number of hydrogen-bond donors (Lipinski definition) is 0. The molecule has 1 aromatic carbocycles. The fourth-order valence-electron chi connectivity index (χ4n) is 1.25. The van der Waals surface area contributed by atoms with Crippen LogP contribution in [0.25, 0.3) is 0 Å². The van der Waals surface area contributed by atoms with Crippen molar-refractivity contribution in [3.05, 3.63) is 34.9 Å². The number of esters is 2. The number of hydrogen-bond acceptors (Lipinski definition) is 4. The van der Waals surface area contributed by atoms with E-state index in [9.17, 15) is 14.7 Å². The molecule has 0 amide bonds. The van der Waals surface area contributed by atoms with E-state index in [-0.39, 0.29) is 11.1 Å². The smallest absolute Gasteiger partial charge is 0.338 e. The van der Waals surface area contributed by atoms with E-state index < -0.39 is 18.5 Å². The SMILES string of the molecule is COC(=O)c1ccc(C[O])c(C(=O)OC)c1. The van der Waals surface area contributed by atoms with Crippen LogP contribution >= 0.6 is 0 Å². The summed E-state index contributed by atoms with van der Waals surface area (Å²) in [6.45, 7) is -0.550. The van der Waals surface area contributed by atoms with Crippen LogP contribution in [0.1, 0.15) is 26.3 Å². The second-order valence-corrected chi connectivity index (χ2v) is 3.00. The Morgan fingerprint density at radius 3 is 2.25 bits per heavy atom. The maximum atomic E-state index is 11.3. The lowest BCUT2D eigenvalue weighted by molar-refractivity contribution is 0.0593. The summed E-state index contributed by atoms with van der Waals surface area (Å²) in [5.41, 5.74) is 0.597. The maximum Gasteiger partial charge on any atom is 0.338 e. The molecule has 0 N–H and O–H groups in total. The number of methoxy groups -OCH3 is 2. The number of carbonyl (C=O) groups excluding carboxylic acids is 2. The third-order valence-corrected chi connectivity index (χ3v) is 2.09. The van der Waals surface area contributed by atoms with Gasteiger partial charge >= 0.3 is 11.9 Å². The standard InChI is InChI=1S/C11H11O5/c1-15-10(13)7-3-4-8(6-12)9(5-7)11(14)16-2/h3-5H,6H2,1-2H3. The van der Waals surface area contributed by atoms with Crippen LogP contribution in [0.5, 0.6) is 0 Å². The lowest BCUT2D eigenvalue weighted by atomic mass is 10.0. The molecule has 5 nitrogen and oxygen atoms in total. The predicted octanol–water partition coefficient (Wildman–Crippen LogP) is 1.19. The van der Waals surface area contributed by atoms with Gasteiger partial charge in [-0.2, -0.15) is 0 Å². The molecule has 1 radical (unpaired) electrons. The van der Waals surface area contributed by atoms with E-state index >= 15 is 0 Å². The first-order valence-corrected chi connectivity index (χ1v) is 4.51. The van der Waals surface area contributed by atoms with Crippen LogP contribution < -0.4 is 0 Å². The van der Waals surface area contributed by atoms with Gasteiger partial charge in [-0.15, -0.1) is 0 Å². The molecule has 0 heterocycles. The highest BCUT2D eigenvalue weighted by molar-refractivity contribution is 5.96. The zero-order valence-electron chi connectivity index (χ0n) is 8.98. The Morgan fingerprint density at radius 1 is 1.12 bits per heavy atom. The van der Waals surface area contributed by atoms with Gasteiger partial charge in [0.2, 0.25) is 0 Å². The summed E-state index contributed by atoms with van der Waals surface area (Å²) in [5, 5.41) is 10.8. The topological polar surface area (TPSA) is 72.5 Å². The van der Waals surface area contributed by atoms with E-state index in [0.717, 1.165) is 0 Å². The summed E-state index contributed by atoms with van der Waals surface area (Å²) >= 11 is 0. The van der Waals surface area contributed by atoms with Gasteiger partial charge in [-0.05, 0) is 17.7 Å². The molecule has 0 aliphatic carbocycles. The fourth-order valence-corrected chi connectivity index (χ4v) is 1.25. The molecule has 0 unspecified atom stereocenters. The van der Waals surface area contributed by atoms with Crippen LogP contribution in [-0.4, -0.2) is 26.2 Å². The first-order chi connectivity index (χ1) is 7.63. The Hall–Kier alpha value is -1.88. The highest BCUT2D eigenvalue weighted by Crippen LogP contribution is 2.14. The number of benzene rings is 1. The Morgan fingerprint density at radius 2 is 1.75 bits per heavy atom. The molecule has 1 aromatic rings. The molecule has 0 aliphatic heterocycles. The minimum absolute atomic E-state index is 0.0976. The first kappa shape index (κ1) is 12.2. The molecule has 0 bridgehead atoms. The molecule has 1 rings (SSSR count). The minimum atomic E-state index is -0.642. The van der Waals surface area contributed by atoms with Crippen molar-refractivity contribution in [1.82, 2.24) is 0 Å². The Bertz CT molecular complexity index is 411. The predicted molar refractivity (Wildman–Crippen MR) is 53.5 cm³/mol. The van der Waals surface area contributed by atoms with Crippen LogP contribution in [-0.2, 0) is 21.2 Å². The van der Waals surface area contributed by atoms with Crippen molar-refractivity contribution >= 4 is 11.9 Å². The largest absolute Gasteiger partial charge is 0.465 e. The maximum absolute atomic E-state index is 11.3. The molecule has 0 saturated heterocycles. The van der Waals surface area contributed by atoms with Gasteiger partial charge in [0.1, 0.15) is 6.61 Å². The average molecular weight is 223 g/mol. The second kappa shape index (κ2) is 5.27. The highest BCUT2D eigenvalue weighted by atomic mass is 16.5. The zero-order valence-corrected chi connectivity index (χ0v) is 8.98. The Kier molecular flexibility index (Phi) is 4.02. The summed E-state index contributed by atoms with van der Waals surface area (Å²) in [6.07, 6.45) is 0. The van der Waals surface area contributed by atoms with Crippen molar-refractivity contribution in [1.29, 1.82) is 0 Å². The molecular weight excluding hydrogens is 212 g/mol. The Labute approximate surface area is 92.6 Å². The number of carbonyl (C=O) groups is 2. The highest BCUT2D eigenvalue weighted by Gasteiger charge is 2.15. The molecule has 0 aromatic heterocycles. The van der Waals surface area contributed by atoms with E-state index in [2.05, 4.69) is 9.47 Å². The van der Waals surface area contributed by atoms with Crippen LogP contribution in [0.4, 0.5) is 0 Å². The minimum Gasteiger partial charge on any atom is -0.465 e. The summed E-state index contributed by atoms with van der Waals surface area (Å²) in [4.78, 5) is 22.6. The van der Waals surface area contributed by atoms with Gasteiger partial charge in [0.05, 0.1) is 25.3 Å². The van der Waals surface area contributed by atoms with E-state index in [1.54, 1.807) is 0 Å². The fraction of sp³-hybridized carbons (Fsp3) is 0.273. The van der Waals surface area contributed by atoms with Crippen LogP contribution in [0.3, 0.4) is 0 Å². The second-order valence-electron chi connectivity index (χ2n) is 3.00. The number of rotatable bonds is 3. The van der Waals surface area contributed by atoms with Crippen molar-refractivity contribution in [2.24, 2.45) is 0 Å². The van der Waals surface area contributed by atoms with Crippen molar-refractivity contribution in [3.63, 3.8) is 0 Å². The average Bonchev–Trinajstić information content (AvgIpc) is 2.35. The van der Waals surface area contributed by atoms with Gasteiger partial charge < -0.3 is 9.47 Å². The third-order valence-electron chi connectivity index (χ3n) is 2.09. The molecule has 16 heavy (non-hydrogen) atoms. The van der Waals surface area contributed by atoms with Gasteiger partial charge in [0.25, 0.3) is 0 Å². The third kappa shape index (κ3) is 2.38. The van der Waals surface area contributed by atoms with Gasteiger partial charge in [-0.1, -0.05) is 6.07 Å². The van der Waals surface area contributed by atoms with Crippen molar-refractivity contribution < 1.29 is 24.2 Å². The quantitative estimate of drug-likeness (QED) is 0.721. The lowest BCUT2D eigenvalue weighted by Gasteiger charge is -2.06. The van der Waals surface area contributed by atoms with Gasteiger partial charge in [0, 0.05) is 0 Å². The van der Waals surface area contributed by atoms with E-state index in [1.165, 1.54) is 32.4 Å². The first-order valence-electron chi connectivity index (χ1n) is 4.51. The monoisotopic (exact) mass is 223 g/mol. The molecule has 0 fully saturated rings. The Balaban J connectivity index is 3.21. The van der Waals surface area contributed by atoms with Gasteiger partial charge in [0.15, 0.2) is 0 Å². The summed E-state index contributed by atoms with van der Waals surface area (Å²) < 4.78 is 9.03. The normalized spacial score (nSPS) is 9.69. The van der Waals surface area contributed by atoms with Crippen molar-refractivity contribution in [3.8, 4) is 0 Å². The summed E-state index contributed by atoms with van der Waals surface area (Å²) in [7, 11) is 2.45. The van der Waals surface area contributed by atoms with E-state index in [0.29, 0.717) is 5.56 Å². The van der Waals surface area contributed by atoms with Crippen LogP contribution in [0.2, 0.25) is 0 Å². The number of ether oxygens (including phenoxy) is 2. The molecule has 85 valence electrons. The summed E-state index contributed by atoms with van der Waals surface area (Å²) in [5.74, 6) is -1.21. The molecule has 0 saturated carbocycles. The van der Waals surface area contributed by atoms with Gasteiger partial charge in [-0.25, -0.2) is 14.7 Å². The van der Waals surface area contributed by atoms with Crippen LogP contribution in [0.15, 0.2) is 18.2 Å². The van der Waals surface area contributed by atoms with Crippen molar-refractivity contribution in [2.75, 3.05) is 14.2 Å². The van der Waals surface area contributed by atoms with Crippen LogP contribution in [0, 0.1) is 0 Å². The lowest BCUT2D eigenvalue weighted by Crippen LogP contribution is -2.09. The van der Waals surface area contributed by atoms with E-state index in [1.807, 2.05) is 0 Å². The molecule has 5 heteroatoms. The molecular formula is C11H11O5.